The Morgan fingerprint density at radius 3 is 2.93 bits per heavy atom. The quantitative estimate of drug-likeness (QED) is 0.669. The number of amidine groups is 1. The molecule has 7 nitrogen and oxygen atoms in total. The first-order valence-electron chi connectivity index (χ1n) is 8.49. The SMILES string of the molecule is Cc1ccc2nc(NC(=O)c3ccc4c(c3)SC3=NS(=O)(=O)CCN34)sc2c1. The Morgan fingerprint density at radius 2 is 2.07 bits per heavy atom. The van der Waals surface area contributed by atoms with Crippen molar-refractivity contribution in [2.24, 2.45) is 4.40 Å². The standard InChI is InChI=1S/C18H14N4O3S3/c1-10-2-4-12-14(8-10)26-17(19-12)20-16(23)11-3-5-13-15(9-11)27-18-21-28(24,25)7-6-22(13)18/h2-5,8-9H,6-7H2,1H3,(H,19,20,23). The van der Waals surface area contributed by atoms with Crippen LogP contribution in [0.15, 0.2) is 45.7 Å². The van der Waals surface area contributed by atoms with Crippen molar-refractivity contribution in [2.75, 3.05) is 22.5 Å². The van der Waals surface area contributed by atoms with Gasteiger partial charge in [-0.2, -0.15) is 0 Å². The molecule has 0 bridgehead atoms. The van der Waals surface area contributed by atoms with Gasteiger partial charge in [-0.15, -0.1) is 4.40 Å². The van der Waals surface area contributed by atoms with Gasteiger partial charge in [0.05, 0.1) is 21.7 Å². The molecule has 0 aliphatic carbocycles. The highest BCUT2D eigenvalue weighted by Crippen LogP contribution is 2.42. The van der Waals surface area contributed by atoms with Crippen LogP contribution in [0, 0.1) is 6.92 Å². The van der Waals surface area contributed by atoms with Crippen LogP contribution < -0.4 is 10.2 Å². The fourth-order valence-electron chi connectivity index (χ4n) is 3.13. The first-order chi connectivity index (χ1) is 13.4. The number of anilines is 2. The molecule has 0 fully saturated rings. The summed E-state index contributed by atoms with van der Waals surface area (Å²) in [5, 5.41) is 3.85. The molecule has 142 valence electrons. The minimum absolute atomic E-state index is 0.00415. The Labute approximate surface area is 169 Å². The second kappa shape index (κ2) is 6.29. The number of thioether (sulfide) groups is 1. The molecule has 1 amide bonds. The molecule has 3 heterocycles. The number of nitrogens with zero attached hydrogens (tertiary/aromatic N) is 3. The summed E-state index contributed by atoms with van der Waals surface area (Å²) in [5.41, 5.74) is 3.37. The topological polar surface area (TPSA) is 91.7 Å². The predicted octanol–water partition coefficient (Wildman–Crippen LogP) is 3.47. The molecule has 10 heteroatoms. The highest BCUT2D eigenvalue weighted by Gasteiger charge is 2.33. The van der Waals surface area contributed by atoms with Crippen LogP contribution in [0.4, 0.5) is 10.8 Å². The fraction of sp³-hybridized carbons (Fsp3) is 0.167. The van der Waals surface area contributed by atoms with Gasteiger partial charge in [0, 0.05) is 17.0 Å². The molecular weight excluding hydrogens is 416 g/mol. The number of thiazole rings is 1. The van der Waals surface area contributed by atoms with Crippen molar-refractivity contribution in [1.29, 1.82) is 0 Å². The van der Waals surface area contributed by atoms with Gasteiger partial charge in [0.2, 0.25) is 0 Å². The van der Waals surface area contributed by atoms with Gasteiger partial charge >= 0.3 is 0 Å². The number of hydrogen-bond acceptors (Lipinski definition) is 7. The predicted molar refractivity (Wildman–Crippen MR) is 113 cm³/mol. The molecule has 28 heavy (non-hydrogen) atoms. The smallest absolute Gasteiger partial charge is 0.257 e. The number of fused-ring (bicyclic) bond motifs is 4. The molecule has 0 radical (unpaired) electrons. The number of carbonyl (C=O) groups is 1. The maximum atomic E-state index is 12.7. The Balaban J connectivity index is 1.41. The summed E-state index contributed by atoms with van der Waals surface area (Å²) in [7, 11) is -3.40. The number of sulfonamides is 1. The van der Waals surface area contributed by atoms with Crippen LogP contribution in [0.2, 0.25) is 0 Å². The van der Waals surface area contributed by atoms with Gasteiger partial charge in [0.25, 0.3) is 15.9 Å². The lowest BCUT2D eigenvalue weighted by molar-refractivity contribution is 0.102. The maximum Gasteiger partial charge on any atom is 0.257 e. The number of nitrogens with one attached hydrogen (secondary N) is 1. The zero-order valence-corrected chi connectivity index (χ0v) is 17.1. The summed E-state index contributed by atoms with van der Waals surface area (Å²) in [4.78, 5) is 19.8. The molecule has 0 atom stereocenters. The zero-order valence-electron chi connectivity index (χ0n) is 14.7. The molecule has 0 spiro atoms. The lowest BCUT2D eigenvalue weighted by Gasteiger charge is -2.22. The van der Waals surface area contributed by atoms with Crippen molar-refractivity contribution in [2.45, 2.75) is 11.8 Å². The molecule has 5 rings (SSSR count). The Hall–Kier alpha value is -2.43. The molecular formula is C18H14N4O3S3. The van der Waals surface area contributed by atoms with E-state index in [2.05, 4.69) is 14.7 Å². The number of carbonyl (C=O) groups excluding carboxylic acids is 1. The normalized spacial score (nSPS) is 17.2. The molecule has 2 aliphatic rings. The van der Waals surface area contributed by atoms with E-state index < -0.39 is 10.0 Å². The van der Waals surface area contributed by atoms with Gasteiger partial charge in [0.1, 0.15) is 0 Å². The van der Waals surface area contributed by atoms with Crippen molar-refractivity contribution in [3.8, 4) is 0 Å². The second-order valence-corrected chi connectivity index (χ2v) is 10.3. The molecule has 2 aliphatic heterocycles. The van der Waals surface area contributed by atoms with Crippen LogP contribution in [0.1, 0.15) is 15.9 Å². The van der Waals surface area contributed by atoms with Crippen molar-refractivity contribution in [1.82, 2.24) is 4.98 Å². The second-order valence-electron chi connectivity index (χ2n) is 6.54. The van der Waals surface area contributed by atoms with Gasteiger partial charge in [-0.25, -0.2) is 13.4 Å². The Bertz CT molecular complexity index is 1280. The lowest BCUT2D eigenvalue weighted by atomic mass is 10.2. The van der Waals surface area contributed by atoms with Crippen LogP contribution in [0.25, 0.3) is 10.2 Å². The fourth-order valence-corrected chi connectivity index (χ4v) is 6.38. The monoisotopic (exact) mass is 430 g/mol. The molecule has 0 unspecified atom stereocenters. The van der Waals surface area contributed by atoms with E-state index in [1.54, 1.807) is 12.1 Å². The third-order valence-corrected chi connectivity index (χ3v) is 7.74. The molecule has 1 aromatic heterocycles. The van der Waals surface area contributed by atoms with Crippen LogP contribution >= 0.6 is 23.1 Å². The van der Waals surface area contributed by atoms with Crippen LogP contribution in [-0.4, -0.2) is 36.8 Å². The molecule has 2 aromatic carbocycles. The van der Waals surface area contributed by atoms with Gasteiger partial charge in [-0.05, 0) is 54.6 Å². The summed E-state index contributed by atoms with van der Waals surface area (Å²) in [6.45, 7) is 2.39. The van der Waals surface area contributed by atoms with E-state index in [4.69, 9.17) is 0 Å². The molecule has 1 N–H and O–H groups in total. The van der Waals surface area contributed by atoms with E-state index in [-0.39, 0.29) is 11.7 Å². The van der Waals surface area contributed by atoms with Gasteiger partial charge in [0.15, 0.2) is 10.3 Å². The summed E-state index contributed by atoms with van der Waals surface area (Å²) in [5.74, 6) is -0.255. The third kappa shape index (κ3) is 3.07. The zero-order chi connectivity index (χ0) is 19.5. The van der Waals surface area contributed by atoms with E-state index in [1.165, 1.54) is 23.1 Å². The van der Waals surface area contributed by atoms with E-state index in [0.717, 1.165) is 26.4 Å². The number of hydrogen-bond donors (Lipinski definition) is 1. The first-order valence-corrected chi connectivity index (χ1v) is 11.7. The van der Waals surface area contributed by atoms with E-state index >= 15 is 0 Å². The number of amides is 1. The van der Waals surface area contributed by atoms with Crippen molar-refractivity contribution in [3.05, 3.63) is 47.5 Å². The number of benzene rings is 2. The largest absolute Gasteiger partial charge is 0.318 e. The van der Waals surface area contributed by atoms with Crippen LogP contribution in [-0.2, 0) is 10.0 Å². The number of aryl methyl sites for hydroxylation is 1. The first kappa shape index (κ1) is 17.7. The van der Waals surface area contributed by atoms with Gasteiger partial charge in [-0.1, -0.05) is 17.4 Å². The van der Waals surface area contributed by atoms with E-state index in [9.17, 15) is 13.2 Å². The molecule has 0 saturated heterocycles. The molecule has 3 aromatic rings. The summed E-state index contributed by atoms with van der Waals surface area (Å²) < 4.78 is 28.3. The maximum absolute atomic E-state index is 12.7. The van der Waals surface area contributed by atoms with Crippen LogP contribution in [0.5, 0.6) is 0 Å². The molecule has 0 saturated carbocycles. The highest BCUT2D eigenvalue weighted by atomic mass is 32.2. The van der Waals surface area contributed by atoms with Gasteiger partial charge < -0.3 is 4.90 Å². The summed E-state index contributed by atoms with van der Waals surface area (Å²) >= 11 is 2.70. The summed E-state index contributed by atoms with van der Waals surface area (Å²) in [6, 6.07) is 11.3. The minimum Gasteiger partial charge on any atom is -0.318 e. The average molecular weight is 431 g/mol. The third-order valence-electron chi connectivity index (χ3n) is 4.50. The Morgan fingerprint density at radius 1 is 1.21 bits per heavy atom. The van der Waals surface area contributed by atoms with Crippen molar-refractivity contribution >= 4 is 65.2 Å². The van der Waals surface area contributed by atoms with Gasteiger partial charge in [-0.3, -0.25) is 10.1 Å². The van der Waals surface area contributed by atoms with E-state index in [0.29, 0.717) is 22.4 Å². The average Bonchev–Trinajstić information content (AvgIpc) is 3.19. The van der Waals surface area contributed by atoms with Crippen LogP contribution in [0.3, 0.4) is 0 Å². The Kier molecular flexibility index (Phi) is 3.97. The van der Waals surface area contributed by atoms with E-state index in [1.807, 2.05) is 36.1 Å². The number of rotatable bonds is 2. The highest BCUT2D eigenvalue weighted by molar-refractivity contribution is 8.15. The van der Waals surface area contributed by atoms with Crippen molar-refractivity contribution < 1.29 is 13.2 Å². The number of aromatic nitrogens is 1. The van der Waals surface area contributed by atoms with Crippen molar-refractivity contribution in [3.63, 3.8) is 0 Å². The minimum atomic E-state index is -3.40. The lowest BCUT2D eigenvalue weighted by Crippen LogP contribution is -2.35. The summed E-state index contributed by atoms with van der Waals surface area (Å²) in [6.07, 6.45) is 0.